The van der Waals surface area contributed by atoms with Crippen LogP contribution in [-0.4, -0.2) is 40.3 Å². The Labute approximate surface area is 164 Å². The molecule has 0 unspecified atom stereocenters. The molecule has 2 aliphatic rings. The minimum atomic E-state index is -0.307. The molecule has 0 bridgehead atoms. The van der Waals surface area contributed by atoms with Crippen LogP contribution in [0, 0.1) is 17.7 Å². The third-order valence-electron chi connectivity index (χ3n) is 5.80. The minimum Gasteiger partial charge on any atom is -0.350 e. The van der Waals surface area contributed by atoms with Gasteiger partial charge in [0.15, 0.2) is 0 Å². The predicted octanol–water partition coefficient (Wildman–Crippen LogP) is 3.24. The highest BCUT2D eigenvalue weighted by molar-refractivity contribution is 5.88. The molecule has 1 saturated heterocycles. The molecule has 4 rings (SSSR count). The van der Waals surface area contributed by atoms with Crippen LogP contribution in [0.2, 0.25) is 0 Å². The van der Waals surface area contributed by atoms with Crippen LogP contribution >= 0.6 is 0 Å². The lowest BCUT2D eigenvalue weighted by molar-refractivity contribution is -0.135. The van der Waals surface area contributed by atoms with Gasteiger partial charge in [-0.2, -0.15) is 0 Å². The van der Waals surface area contributed by atoms with E-state index in [2.05, 4.69) is 10.3 Å². The van der Waals surface area contributed by atoms with Gasteiger partial charge in [-0.15, -0.1) is 0 Å². The number of pyridine rings is 1. The number of amides is 2. The Hall–Kier alpha value is -2.50. The van der Waals surface area contributed by atoms with E-state index in [9.17, 15) is 14.0 Å². The van der Waals surface area contributed by atoms with Crippen molar-refractivity contribution in [2.75, 3.05) is 13.1 Å². The van der Waals surface area contributed by atoms with Gasteiger partial charge in [0, 0.05) is 29.6 Å². The van der Waals surface area contributed by atoms with Crippen molar-refractivity contribution in [3.05, 3.63) is 41.8 Å². The molecule has 0 spiro atoms. The van der Waals surface area contributed by atoms with Crippen molar-refractivity contribution in [1.29, 1.82) is 0 Å². The summed E-state index contributed by atoms with van der Waals surface area (Å²) in [5, 5.41) is 3.75. The molecule has 148 valence electrons. The second kappa shape index (κ2) is 6.83. The van der Waals surface area contributed by atoms with Gasteiger partial charge in [0.05, 0.1) is 12.1 Å². The highest BCUT2D eigenvalue weighted by Crippen LogP contribution is 2.47. The van der Waals surface area contributed by atoms with E-state index in [1.54, 1.807) is 17.2 Å². The number of rotatable bonds is 3. The molecule has 1 saturated carbocycles. The quantitative estimate of drug-likeness (QED) is 0.885. The maximum atomic E-state index is 13.8. The van der Waals surface area contributed by atoms with Crippen LogP contribution < -0.4 is 5.32 Å². The van der Waals surface area contributed by atoms with E-state index in [0.717, 1.165) is 29.3 Å². The number of hydrogen-bond donors (Lipinski definition) is 1. The average molecular weight is 383 g/mol. The van der Waals surface area contributed by atoms with E-state index >= 15 is 0 Å². The van der Waals surface area contributed by atoms with Crippen molar-refractivity contribution in [1.82, 2.24) is 15.2 Å². The number of hydrogen-bond acceptors (Lipinski definition) is 3. The Balaban J connectivity index is 1.48. The zero-order valence-corrected chi connectivity index (χ0v) is 16.5. The Morgan fingerprint density at radius 2 is 2.07 bits per heavy atom. The second-order valence-electron chi connectivity index (χ2n) is 9.11. The summed E-state index contributed by atoms with van der Waals surface area (Å²) in [6.07, 6.45) is 3.38. The normalized spacial score (nSPS) is 24.6. The molecule has 3 atom stereocenters. The molecule has 1 aliphatic heterocycles. The first-order chi connectivity index (χ1) is 13.2. The lowest BCUT2D eigenvalue weighted by Crippen LogP contribution is -2.46. The van der Waals surface area contributed by atoms with Gasteiger partial charge in [0.2, 0.25) is 11.8 Å². The monoisotopic (exact) mass is 383 g/mol. The SMILES string of the molecule is CC(C)(C)NC(=O)CN1C[C@H]2C[C@@H](c3ccnc4ccc(F)cc34)C[C@H]2C1=O. The summed E-state index contributed by atoms with van der Waals surface area (Å²) in [5.74, 6) is 0.0962. The topological polar surface area (TPSA) is 62.3 Å². The molecule has 1 aromatic heterocycles. The maximum Gasteiger partial charge on any atom is 0.240 e. The van der Waals surface area contributed by atoms with E-state index in [1.165, 1.54) is 12.1 Å². The fourth-order valence-corrected chi connectivity index (χ4v) is 4.76. The van der Waals surface area contributed by atoms with Crippen molar-refractivity contribution in [3.63, 3.8) is 0 Å². The molecule has 6 heteroatoms. The van der Waals surface area contributed by atoms with Crippen LogP contribution in [-0.2, 0) is 9.59 Å². The van der Waals surface area contributed by atoms with E-state index < -0.39 is 0 Å². The van der Waals surface area contributed by atoms with Gasteiger partial charge in [0.25, 0.3) is 0 Å². The van der Waals surface area contributed by atoms with Crippen LogP contribution in [0.3, 0.4) is 0 Å². The van der Waals surface area contributed by atoms with Crippen LogP contribution in [0.4, 0.5) is 4.39 Å². The number of benzene rings is 1. The third-order valence-corrected chi connectivity index (χ3v) is 5.80. The van der Waals surface area contributed by atoms with Gasteiger partial charge in [-0.1, -0.05) is 0 Å². The largest absolute Gasteiger partial charge is 0.350 e. The Kier molecular flexibility index (Phi) is 4.60. The third kappa shape index (κ3) is 3.60. The van der Waals surface area contributed by atoms with Crippen molar-refractivity contribution in [2.45, 2.75) is 45.1 Å². The summed E-state index contributed by atoms with van der Waals surface area (Å²) in [6.45, 7) is 6.53. The van der Waals surface area contributed by atoms with Gasteiger partial charge in [0.1, 0.15) is 5.82 Å². The van der Waals surface area contributed by atoms with Crippen molar-refractivity contribution in [3.8, 4) is 0 Å². The zero-order valence-electron chi connectivity index (χ0n) is 16.5. The zero-order chi connectivity index (χ0) is 20.1. The Morgan fingerprint density at radius 3 is 2.79 bits per heavy atom. The molecule has 1 aliphatic carbocycles. The summed E-state index contributed by atoms with van der Waals surface area (Å²) >= 11 is 0. The molecule has 5 nitrogen and oxygen atoms in total. The summed E-state index contributed by atoms with van der Waals surface area (Å²) in [6, 6.07) is 6.61. The number of halogens is 1. The van der Waals surface area contributed by atoms with E-state index in [0.29, 0.717) is 6.54 Å². The fourth-order valence-electron chi connectivity index (χ4n) is 4.76. The lowest BCUT2D eigenvalue weighted by Gasteiger charge is -2.24. The number of nitrogens with zero attached hydrogens (tertiary/aromatic N) is 2. The molecule has 0 radical (unpaired) electrons. The second-order valence-corrected chi connectivity index (χ2v) is 9.11. The Morgan fingerprint density at radius 1 is 1.29 bits per heavy atom. The number of carbonyl (C=O) groups is 2. The average Bonchev–Trinajstić information content (AvgIpc) is 3.12. The summed E-state index contributed by atoms with van der Waals surface area (Å²) in [4.78, 5) is 31.1. The molecule has 28 heavy (non-hydrogen) atoms. The van der Waals surface area contributed by atoms with Gasteiger partial charge in [-0.3, -0.25) is 14.6 Å². The molecule has 2 fully saturated rings. The van der Waals surface area contributed by atoms with E-state index in [-0.39, 0.29) is 47.5 Å². The van der Waals surface area contributed by atoms with Crippen molar-refractivity contribution < 1.29 is 14.0 Å². The van der Waals surface area contributed by atoms with Gasteiger partial charge < -0.3 is 10.2 Å². The van der Waals surface area contributed by atoms with E-state index in [4.69, 9.17) is 0 Å². The van der Waals surface area contributed by atoms with Gasteiger partial charge in [-0.25, -0.2) is 4.39 Å². The highest BCUT2D eigenvalue weighted by Gasteiger charge is 2.47. The Bertz CT molecular complexity index is 937. The molecular weight excluding hydrogens is 357 g/mol. The first kappa shape index (κ1) is 18.8. The van der Waals surface area contributed by atoms with E-state index in [1.807, 2.05) is 26.8 Å². The summed E-state index contributed by atoms with van der Waals surface area (Å²) in [7, 11) is 0. The summed E-state index contributed by atoms with van der Waals surface area (Å²) in [5.41, 5.74) is 1.55. The standard InChI is InChI=1S/C22H26FN3O2/c1-22(2,3)25-20(27)12-26-11-14-8-13(9-17(14)21(26)28)16-6-7-24-19-5-4-15(23)10-18(16)19/h4-7,10,13-14,17H,8-9,11-12H2,1-3H3,(H,25,27)/t13-,14-,17-/m1/s1. The van der Waals surface area contributed by atoms with Gasteiger partial charge in [-0.05, 0) is 75.3 Å². The first-order valence-electron chi connectivity index (χ1n) is 9.85. The minimum absolute atomic E-state index is 0.0517. The molecule has 2 aromatic rings. The number of aromatic nitrogens is 1. The van der Waals surface area contributed by atoms with Crippen LogP contribution in [0.15, 0.2) is 30.5 Å². The molecule has 2 heterocycles. The predicted molar refractivity (Wildman–Crippen MR) is 105 cm³/mol. The fraction of sp³-hybridized carbons (Fsp3) is 0.500. The molecule has 1 N–H and O–H groups in total. The molecule has 2 amide bonds. The number of carbonyl (C=O) groups excluding carboxylic acids is 2. The molecular formula is C22H26FN3O2. The van der Waals surface area contributed by atoms with Crippen LogP contribution in [0.1, 0.15) is 45.1 Å². The summed E-state index contributed by atoms with van der Waals surface area (Å²) < 4.78 is 13.8. The first-order valence-corrected chi connectivity index (χ1v) is 9.85. The van der Waals surface area contributed by atoms with Gasteiger partial charge >= 0.3 is 0 Å². The maximum absolute atomic E-state index is 13.8. The van der Waals surface area contributed by atoms with Crippen LogP contribution in [0.25, 0.3) is 10.9 Å². The highest BCUT2D eigenvalue weighted by atomic mass is 19.1. The number of nitrogens with one attached hydrogen (secondary N) is 1. The lowest BCUT2D eigenvalue weighted by atomic mass is 9.93. The smallest absolute Gasteiger partial charge is 0.240 e. The number of fused-ring (bicyclic) bond motifs is 2. The number of likely N-dealkylation sites (tertiary alicyclic amines) is 1. The van der Waals surface area contributed by atoms with Crippen molar-refractivity contribution >= 4 is 22.7 Å². The van der Waals surface area contributed by atoms with Crippen LogP contribution in [0.5, 0.6) is 0 Å². The van der Waals surface area contributed by atoms with Crippen molar-refractivity contribution in [2.24, 2.45) is 11.8 Å². The molecule has 1 aromatic carbocycles.